The van der Waals surface area contributed by atoms with Gasteiger partial charge in [-0.1, -0.05) is 36.4 Å². The number of carbonyl (C=O) groups is 1. The van der Waals surface area contributed by atoms with Gasteiger partial charge in [0.05, 0.1) is 12.2 Å². The first-order valence-corrected chi connectivity index (χ1v) is 9.62. The number of imidazole rings is 1. The molecule has 0 radical (unpaired) electrons. The van der Waals surface area contributed by atoms with E-state index in [1.165, 1.54) is 6.07 Å². The zero-order valence-corrected chi connectivity index (χ0v) is 16.9. The van der Waals surface area contributed by atoms with Crippen molar-refractivity contribution >= 4 is 34.0 Å². The second-order valence-electron chi connectivity index (χ2n) is 6.86. The van der Waals surface area contributed by atoms with Crippen LogP contribution >= 0.6 is 0 Å². The number of aromatic amines is 1. The predicted molar refractivity (Wildman–Crippen MR) is 118 cm³/mol. The first-order valence-electron chi connectivity index (χ1n) is 9.62. The number of aliphatic hydroxyl groups is 1. The predicted octanol–water partition coefficient (Wildman–Crippen LogP) is 4.17. The molecule has 0 saturated carbocycles. The van der Waals surface area contributed by atoms with Gasteiger partial charge in [-0.05, 0) is 29.1 Å². The Bertz CT molecular complexity index is 1440. The Labute approximate surface area is 187 Å². The van der Waals surface area contributed by atoms with E-state index in [2.05, 4.69) is 25.5 Å². The van der Waals surface area contributed by atoms with Crippen LogP contribution in [0.5, 0.6) is 5.75 Å². The molecule has 10 heteroatoms. The van der Waals surface area contributed by atoms with Crippen LogP contribution in [0.4, 0.5) is 17.3 Å². The van der Waals surface area contributed by atoms with Gasteiger partial charge >= 0.3 is 0 Å². The number of aliphatic hydroxyl groups excluding tert-OH is 1. The van der Waals surface area contributed by atoms with E-state index in [0.29, 0.717) is 22.0 Å². The topological polar surface area (TPSA) is 171 Å². The summed E-state index contributed by atoms with van der Waals surface area (Å²) in [4.78, 5) is 19.3. The summed E-state index contributed by atoms with van der Waals surface area (Å²) in [6, 6.07) is 18.7. The third kappa shape index (κ3) is 4.23. The number of aromatic hydroxyl groups is 1. The molecular formula is C23H15N7O3. The molecule has 0 aliphatic heterocycles. The van der Waals surface area contributed by atoms with Crippen molar-refractivity contribution in [2.24, 2.45) is 10.2 Å². The number of anilines is 1. The summed E-state index contributed by atoms with van der Waals surface area (Å²) >= 11 is 0. The van der Waals surface area contributed by atoms with Crippen LogP contribution < -0.4 is 5.32 Å². The van der Waals surface area contributed by atoms with Crippen molar-refractivity contribution in [1.82, 2.24) is 9.97 Å². The summed E-state index contributed by atoms with van der Waals surface area (Å²) in [5.41, 5.74) is 1.01. The maximum absolute atomic E-state index is 12.9. The molecule has 33 heavy (non-hydrogen) atoms. The number of azo groups is 1. The number of rotatable bonds is 5. The zero-order valence-electron chi connectivity index (χ0n) is 16.9. The van der Waals surface area contributed by atoms with Gasteiger partial charge in [0, 0.05) is 11.1 Å². The fourth-order valence-corrected chi connectivity index (χ4v) is 3.15. The minimum absolute atomic E-state index is 0.0243. The molecule has 0 bridgehead atoms. The fraction of sp³-hybridized carbons (Fsp3) is 0.0435. The van der Waals surface area contributed by atoms with Crippen molar-refractivity contribution in [1.29, 1.82) is 10.5 Å². The van der Waals surface area contributed by atoms with Crippen molar-refractivity contribution in [3.05, 3.63) is 77.1 Å². The van der Waals surface area contributed by atoms with Gasteiger partial charge in [-0.15, -0.1) is 10.2 Å². The van der Waals surface area contributed by atoms with Gasteiger partial charge in [-0.3, -0.25) is 4.79 Å². The molecule has 4 aromatic rings. The number of nitrogens with one attached hydrogen (secondary N) is 2. The lowest BCUT2D eigenvalue weighted by atomic mass is 10.0. The molecule has 0 unspecified atom stereocenters. The van der Waals surface area contributed by atoms with Gasteiger partial charge < -0.3 is 20.5 Å². The molecule has 4 N–H and O–H groups in total. The summed E-state index contributed by atoms with van der Waals surface area (Å²) < 4.78 is 0. The van der Waals surface area contributed by atoms with Crippen LogP contribution in [0.1, 0.15) is 27.3 Å². The molecule has 0 aliphatic carbocycles. The van der Waals surface area contributed by atoms with E-state index in [9.17, 15) is 9.90 Å². The van der Waals surface area contributed by atoms with E-state index in [0.717, 1.165) is 0 Å². The van der Waals surface area contributed by atoms with Crippen molar-refractivity contribution in [3.8, 4) is 17.9 Å². The number of aromatic nitrogens is 2. The Kier molecular flexibility index (Phi) is 5.76. The van der Waals surface area contributed by atoms with Crippen LogP contribution in [-0.2, 0) is 6.61 Å². The van der Waals surface area contributed by atoms with Gasteiger partial charge in [0.25, 0.3) is 5.91 Å². The van der Waals surface area contributed by atoms with Gasteiger partial charge in [0.2, 0.25) is 5.95 Å². The molecule has 1 heterocycles. The number of phenolic OH excluding ortho intramolecular Hbond substituents is 1. The van der Waals surface area contributed by atoms with Crippen LogP contribution in [0.2, 0.25) is 0 Å². The van der Waals surface area contributed by atoms with E-state index < -0.39 is 11.7 Å². The van der Waals surface area contributed by atoms with Gasteiger partial charge in [-0.2, -0.15) is 15.5 Å². The second kappa shape index (κ2) is 8.98. The lowest BCUT2D eigenvalue weighted by molar-refractivity contribution is 0.102. The third-order valence-corrected chi connectivity index (χ3v) is 4.79. The SMILES string of the molecule is N#Cc1nc(N=Nc2c(O)c(C(=O)Nc3ccc(CO)cc3)cc3ccccc23)[nH]c1C#N. The van der Waals surface area contributed by atoms with Gasteiger partial charge in [0.1, 0.15) is 17.8 Å². The highest BCUT2D eigenvalue weighted by Crippen LogP contribution is 2.39. The molecule has 0 spiro atoms. The Morgan fingerprint density at radius 1 is 1.09 bits per heavy atom. The van der Waals surface area contributed by atoms with E-state index in [4.69, 9.17) is 15.6 Å². The Hall–Kier alpha value is -5.06. The Morgan fingerprint density at radius 2 is 1.85 bits per heavy atom. The fourth-order valence-electron chi connectivity index (χ4n) is 3.15. The third-order valence-electron chi connectivity index (χ3n) is 4.79. The van der Waals surface area contributed by atoms with E-state index >= 15 is 0 Å². The zero-order chi connectivity index (χ0) is 23.4. The largest absolute Gasteiger partial charge is 0.505 e. The molecule has 0 fully saturated rings. The average molecular weight is 437 g/mol. The number of H-pyrrole nitrogens is 1. The number of hydrogen-bond acceptors (Lipinski definition) is 8. The quantitative estimate of drug-likeness (QED) is 0.341. The van der Waals surface area contributed by atoms with Crippen LogP contribution in [0.15, 0.2) is 64.8 Å². The second-order valence-corrected chi connectivity index (χ2v) is 6.86. The van der Waals surface area contributed by atoms with Crippen LogP contribution in [0, 0.1) is 22.7 Å². The number of amides is 1. The average Bonchev–Trinajstić information content (AvgIpc) is 3.26. The first kappa shape index (κ1) is 21.2. The molecule has 0 aliphatic rings. The van der Waals surface area contributed by atoms with Crippen LogP contribution in [-0.4, -0.2) is 26.1 Å². The number of nitriles is 2. The summed E-state index contributed by atoms with van der Waals surface area (Å²) in [7, 11) is 0. The van der Waals surface area contributed by atoms with E-state index in [1.54, 1.807) is 60.7 Å². The van der Waals surface area contributed by atoms with Crippen LogP contribution in [0.3, 0.4) is 0 Å². The van der Waals surface area contributed by atoms with Crippen molar-refractivity contribution < 1.29 is 15.0 Å². The smallest absolute Gasteiger partial charge is 0.259 e. The van der Waals surface area contributed by atoms with Crippen LogP contribution in [0.25, 0.3) is 10.8 Å². The normalized spacial score (nSPS) is 10.8. The maximum atomic E-state index is 12.9. The molecule has 4 rings (SSSR count). The molecular weight excluding hydrogens is 422 g/mol. The summed E-state index contributed by atoms with van der Waals surface area (Å²) in [6.07, 6.45) is 0. The van der Waals surface area contributed by atoms with Gasteiger partial charge in [-0.25, -0.2) is 0 Å². The highest BCUT2D eigenvalue weighted by Gasteiger charge is 2.19. The lowest BCUT2D eigenvalue weighted by Gasteiger charge is -2.11. The summed E-state index contributed by atoms with van der Waals surface area (Å²) in [5.74, 6) is -1.05. The molecule has 1 amide bonds. The highest BCUT2D eigenvalue weighted by atomic mass is 16.3. The molecule has 1 aromatic heterocycles. The molecule has 0 atom stereocenters. The van der Waals surface area contributed by atoms with E-state index in [-0.39, 0.29) is 35.2 Å². The lowest BCUT2D eigenvalue weighted by Crippen LogP contribution is -2.12. The molecule has 160 valence electrons. The monoisotopic (exact) mass is 437 g/mol. The molecule has 3 aromatic carbocycles. The number of benzene rings is 3. The Balaban J connectivity index is 1.74. The van der Waals surface area contributed by atoms with Crippen molar-refractivity contribution in [2.75, 3.05) is 5.32 Å². The minimum atomic E-state index is -0.567. The number of carbonyl (C=O) groups excluding carboxylic acids is 1. The van der Waals surface area contributed by atoms with Gasteiger partial charge in [0.15, 0.2) is 17.1 Å². The minimum Gasteiger partial charge on any atom is -0.505 e. The van der Waals surface area contributed by atoms with Crippen molar-refractivity contribution in [3.63, 3.8) is 0 Å². The number of nitrogens with zero attached hydrogens (tertiary/aromatic N) is 5. The summed E-state index contributed by atoms with van der Waals surface area (Å²) in [6.45, 7) is -0.116. The Morgan fingerprint density at radius 3 is 2.52 bits per heavy atom. The van der Waals surface area contributed by atoms with E-state index in [1.807, 2.05) is 0 Å². The standard InChI is InChI=1S/C23H15N7O3/c24-10-18-19(11-25)28-23(27-18)30-29-20-16-4-2-1-3-14(16)9-17(21(20)32)22(33)26-15-7-5-13(12-31)6-8-15/h1-9,31-32H,12H2,(H,26,33)(H,27,28). The van der Waals surface area contributed by atoms with Crippen molar-refractivity contribution in [2.45, 2.75) is 6.61 Å². The number of phenols is 1. The molecule has 10 nitrogen and oxygen atoms in total. The summed E-state index contributed by atoms with van der Waals surface area (Å²) in [5, 5.41) is 49.9. The number of fused-ring (bicyclic) bond motifs is 1. The maximum Gasteiger partial charge on any atom is 0.259 e. The number of hydrogen-bond donors (Lipinski definition) is 4. The highest BCUT2D eigenvalue weighted by molar-refractivity contribution is 6.11. The molecule has 0 saturated heterocycles. The first-order chi connectivity index (χ1) is 16.0.